The number of aromatic nitrogens is 3. The van der Waals surface area contributed by atoms with Gasteiger partial charge in [-0.05, 0) is 42.3 Å². The summed E-state index contributed by atoms with van der Waals surface area (Å²) in [5.41, 5.74) is 1.61. The van der Waals surface area contributed by atoms with Gasteiger partial charge in [0.25, 0.3) is 0 Å². The minimum absolute atomic E-state index is 0.00523. The van der Waals surface area contributed by atoms with Gasteiger partial charge in [-0.25, -0.2) is 14.5 Å². The van der Waals surface area contributed by atoms with E-state index in [9.17, 15) is 15.0 Å². The Morgan fingerprint density at radius 1 is 1.08 bits per heavy atom. The molecule has 3 heterocycles. The van der Waals surface area contributed by atoms with E-state index in [4.69, 9.17) is 19.3 Å². The molecule has 11 heteroatoms. The first-order valence-corrected chi connectivity index (χ1v) is 12.7. The summed E-state index contributed by atoms with van der Waals surface area (Å²) in [6, 6.07) is 18.6. The van der Waals surface area contributed by atoms with Gasteiger partial charge in [-0.15, -0.1) is 0 Å². The molecule has 0 aliphatic carbocycles. The number of nitrogens with zero attached hydrogens (tertiary/aromatic N) is 4. The first-order chi connectivity index (χ1) is 19.0. The normalized spacial score (nSPS) is 15.7. The van der Waals surface area contributed by atoms with Gasteiger partial charge in [0.15, 0.2) is 11.5 Å². The monoisotopic (exact) mass is 533 g/mol. The summed E-state index contributed by atoms with van der Waals surface area (Å²) in [7, 11) is 1.62. The fraction of sp³-hybridized carbons (Fsp3) is 0.321. The van der Waals surface area contributed by atoms with Crippen molar-refractivity contribution in [2.24, 2.45) is 0 Å². The lowest BCUT2D eigenvalue weighted by Gasteiger charge is -2.16. The second-order valence-electron chi connectivity index (χ2n) is 9.31. The van der Waals surface area contributed by atoms with E-state index in [-0.39, 0.29) is 19.3 Å². The van der Waals surface area contributed by atoms with Crippen molar-refractivity contribution in [1.82, 2.24) is 19.7 Å². The molecule has 39 heavy (non-hydrogen) atoms. The number of carboxylic acid groups (broad SMARTS) is 1. The number of amides is 1. The maximum atomic E-state index is 11.4. The Bertz CT molecular complexity index is 1400. The van der Waals surface area contributed by atoms with Gasteiger partial charge in [0.05, 0.1) is 13.7 Å². The molecule has 2 aromatic carbocycles. The maximum Gasteiger partial charge on any atom is 0.407 e. The third-order valence-corrected chi connectivity index (χ3v) is 6.50. The van der Waals surface area contributed by atoms with Gasteiger partial charge in [0.2, 0.25) is 0 Å². The van der Waals surface area contributed by atoms with Crippen LogP contribution in [0.5, 0.6) is 17.2 Å². The molecule has 1 saturated heterocycles. The van der Waals surface area contributed by atoms with Crippen molar-refractivity contribution in [2.75, 3.05) is 38.7 Å². The number of likely N-dealkylation sites (tertiary alicyclic amines) is 1. The van der Waals surface area contributed by atoms with Crippen LogP contribution in [0.1, 0.15) is 12.0 Å². The SMILES string of the molecule is COc1ccc(Cn2nc(NC3CCN(C(=O)O)C3)c3c(OCC(O)COc4ccccc4)ccnc32)cc1. The van der Waals surface area contributed by atoms with Crippen LogP contribution in [0.15, 0.2) is 66.9 Å². The number of carbonyl (C=O) groups is 1. The van der Waals surface area contributed by atoms with Crippen molar-refractivity contribution in [2.45, 2.75) is 25.1 Å². The van der Waals surface area contributed by atoms with Gasteiger partial charge in [0, 0.05) is 25.3 Å². The number of para-hydroxylation sites is 1. The predicted molar refractivity (Wildman–Crippen MR) is 145 cm³/mol. The smallest absolute Gasteiger partial charge is 0.407 e. The van der Waals surface area contributed by atoms with Crippen molar-refractivity contribution in [1.29, 1.82) is 0 Å². The zero-order valence-corrected chi connectivity index (χ0v) is 21.6. The molecule has 204 valence electrons. The molecule has 2 aromatic heterocycles. The Kier molecular flexibility index (Phi) is 7.97. The highest BCUT2D eigenvalue weighted by atomic mass is 16.5. The summed E-state index contributed by atoms with van der Waals surface area (Å²) in [6.07, 6.45) is 0.498. The van der Waals surface area contributed by atoms with Gasteiger partial charge in [0.1, 0.15) is 42.0 Å². The van der Waals surface area contributed by atoms with Crippen LogP contribution in [0.25, 0.3) is 11.0 Å². The lowest BCUT2D eigenvalue weighted by atomic mass is 10.2. The molecule has 0 saturated carbocycles. The fourth-order valence-corrected chi connectivity index (χ4v) is 4.49. The van der Waals surface area contributed by atoms with Crippen LogP contribution in [0.4, 0.5) is 10.6 Å². The summed E-state index contributed by atoms with van der Waals surface area (Å²) < 4.78 is 18.7. The van der Waals surface area contributed by atoms with E-state index >= 15 is 0 Å². The molecule has 2 atom stereocenters. The first kappa shape index (κ1) is 26.1. The van der Waals surface area contributed by atoms with E-state index in [2.05, 4.69) is 10.3 Å². The number of aliphatic hydroxyl groups is 1. The second kappa shape index (κ2) is 11.9. The molecule has 0 spiro atoms. The number of hydrogen-bond acceptors (Lipinski definition) is 8. The van der Waals surface area contributed by atoms with E-state index in [1.54, 1.807) is 24.1 Å². The second-order valence-corrected chi connectivity index (χ2v) is 9.31. The van der Waals surface area contributed by atoms with Crippen LogP contribution in [0, 0.1) is 0 Å². The maximum absolute atomic E-state index is 11.4. The van der Waals surface area contributed by atoms with E-state index in [0.29, 0.717) is 54.4 Å². The van der Waals surface area contributed by atoms with E-state index in [0.717, 1.165) is 11.3 Å². The van der Waals surface area contributed by atoms with Crippen LogP contribution in [0.2, 0.25) is 0 Å². The molecule has 5 rings (SSSR count). The molecule has 1 aliphatic heterocycles. The lowest BCUT2D eigenvalue weighted by molar-refractivity contribution is 0.0632. The number of nitrogens with one attached hydrogen (secondary N) is 1. The molecule has 0 radical (unpaired) electrons. The standard InChI is InChI=1S/C28H31N5O6/c1-37-22-9-7-19(8-10-22)15-33-27-25(26(31-33)30-20-12-14-32(16-20)28(35)36)24(11-13-29-27)39-18-21(34)17-38-23-5-3-2-4-6-23/h2-11,13,20-21,34H,12,14-18H2,1H3,(H,30,31)(H,35,36). The third kappa shape index (κ3) is 6.32. The van der Waals surface area contributed by atoms with Gasteiger partial charge in [-0.2, -0.15) is 5.10 Å². The van der Waals surface area contributed by atoms with Crippen LogP contribution >= 0.6 is 0 Å². The van der Waals surface area contributed by atoms with Gasteiger partial charge < -0.3 is 34.6 Å². The Labute approximate surface area is 225 Å². The van der Waals surface area contributed by atoms with Crippen molar-refractivity contribution >= 4 is 22.9 Å². The summed E-state index contributed by atoms with van der Waals surface area (Å²) in [4.78, 5) is 17.4. The quantitative estimate of drug-likeness (QED) is 0.265. The molecule has 0 bridgehead atoms. The molecule has 2 unspecified atom stereocenters. The molecule has 1 fully saturated rings. The Hall–Kier alpha value is -4.51. The highest BCUT2D eigenvalue weighted by Gasteiger charge is 2.28. The fourth-order valence-electron chi connectivity index (χ4n) is 4.49. The van der Waals surface area contributed by atoms with Crippen LogP contribution in [-0.4, -0.2) is 81.5 Å². The molecular weight excluding hydrogens is 502 g/mol. The molecule has 11 nitrogen and oxygen atoms in total. The predicted octanol–water partition coefficient (Wildman–Crippen LogP) is 3.47. The summed E-state index contributed by atoms with van der Waals surface area (Å²) in [6.45, 7) is 1.34. The molecule has 4 aromatic rings. The minimum atomic E-state index is -0.938. The highest BCUT2D eigenvalue weighted by Crippen LogP contribution is 2.33. The summed E-state index contributed by atoms with van der Waals surface area (Å²) in [5, 5.41) is 28.7. The Morgan fingerprint density at radius 2 is 1.85 bits per heavy atom. The zero-order chi connectivity index (χ0) is 27.2. The zero-order valence-electron chi connectivity index (χ0n) is 21.6. The van der Waals surface area contributed by atoms with E-state index in [1.807, 2.05) is 54.6 Å². The van der Waals surface area contributed by atoms with E-state index < -0.39 is 12.2 Å². The Balaban J connectivity index is 1.37. The number of aliphatic hydroxyl groups excluding tert-OH is 1. The number of rotatable bonds is 11. The number of ether oxygens (including phenoxy) is 3. The van der Waals surface area contributed by atoms with E-state index in [1.165, 1.54) is 4.90 Å². The number of benzene rings is 2. The third-order valence-electron chi connectivity index (χ3n) is 6.50. The molecule has 3 N–H and O–H groups in total. The summed E-state index contributed by atoms with van der Waals surface area (Å²) in [5.74, 6) is 2.49. The molecule has 1 amide bonds. The van der Waals surface area contributed by atoms with Gasteiger partial charge >= 0.3 is 6.09 Å². The van der Waals surface area contributed by atoms with Gasteiger partial charge in [-0.3, -0.25) is 0 Å². The molecular formula is C28H31N5O6. The van der Waals surface area contributed by atoms with Crippen molar-refractivity contribution in [3.8, 4) is 17.2 Å². The Morgan fingerprint density at radius 3 is 2.56 bits per heavy atom. The van der Waals surface area contributed by atoms with Crippen LogP contribution < -0.4 is 19.5 Å². The van der Waals surface area contributed by atoms with Crippen molar-refractivity contribution < 1.29 is 29.2 Å². The average Bonchev–Trinajstić information content (AvgIpc) is 3.57. The number of hydrogen-bond donors (Lipinski definition) is 3. The number of fused-ring (bicyclic) bond motifs is 1. The van der Waals surface area contributed by atoms with Crippen LogP contribution in [0.3, 0.4) is 0 Å². The first-order valence-electron chi connectivity index (χ1n) is 12.7. The topological polar surface area (TPSA) is 131 Å². The number of anilines is 1. The largest absolute Gasteiger partial charge is 0.497 e. The van der Waals surface area contributed by atoms with Crippen molar-refractivity contribution in [3.05, 3.63) is 72.4 Å². The van der Waals surface area contributed by atoms with Gasteiger partial charge in [-0.1, -0.05) is 30.3 Å². The van der Waals surface area contributed by atoms with Crippen LogP contribution in [-0.2, 0) is 6.54 Å². The molecule has 1 aliphatic rings. The summed E-state index contributed by atoms with van der Waals surface area (Å²) >= 11 is 0. The van der Waals surface area contributed by atoms with Crippen molar-refractivity contribution in [3.63, 3.8) is 0 Å². The average molecular weight is 534 g/mol. The number of pyridine rings is 1. The minimum Gasteiger partial charge on any atom is -0.497 e. The lowest BCUT2D eigenvalue weighted by Crippen LogP contribution is -2.30. The highest BCUT2D eigenvalue weighted by molar-refractivity contribution is 5.93. The number of methoxy groups -OCH3 is 1.